The third kappa shape index (κ3) is 3.40. The monoisotopic (exact) mass is 355 g/mol. The van der Waals surface area contributed by atoms with Crippen LogP contribution in [0.2, 0.25) is 0 Å². The molecule has 2 rings (SSSR count). The fourth-order valence-corrected chi connectivity index (χ4v) is 2.56. The van der Waals surface area contributed by atoms with Crippen LogP contribution in [-0.2, 0) is 6.54 Å². The lowest BCUT2D eigenvalue weighted by molar-refractivity contribution is -0.385. The average molecular weight is 356 g/mol. The smallest absolute Gasteiger partial charge is 0.284 e. The van der Waals surface area contributed by atoms with E-state index in [1.807, 2.05) is 12.3 Å². The number of nitrogens with zero attached hydrogens (tertiary/aromatic N) is 2. The summed E-state index contributed by atoms with van der Waals surface area (Å²) < 4.78 is 0.342. The summed E-state index contributed by atoms with van der Waals surface area (Å²) in [6.07, 6.45) is 0. The van der Waals surface area contributed by atoms with Crippen LogP contribution in [-0.4, -0.2) is 15.8 Å². The van der Waals surface area contributed by atoms with E-state index in [4.69, 9.17) is 0 Å². The molecule has 0 aliphatic rings. The van der Waals surface area contributed by atoms with Gasteiger partial charge in [-0.1, -0.05) is 0 Å². The van der Waals surface area contributed by atoms with Gasteiger partial charge in [-0.3, -0.25) is 14.9 Å². The first-order chi connectivity index (χ1) is 9.47. The molecule has 1 heterocycles. The number of benzene rings is 1. The average Bonchev–Trinajstić information content (AvgIpc) is 2.82. The summed E-state index contributed by atoms with van der Waals surface area (Å²) in [5, 5.41) is 16.3. The van der Waals surface area contributed by atoms with Crippen LogP contribution in [0, 0.1) is 17.0 Å². The molecular weight excluding hydrogens is 346 g/mol. The van der Waals surface area contributed by atoms with E-state index in [-0.39, 0.29) is 17.2 Å². The molecule has 0 aliphatic heterocycles. The molecule has 0 atom stereocenters. The molecule has 0 fully saturated rings. The minimum Gasteiger partial charge on any atom is -0.346 e. The number of rotatable bonds is 4. The van der Waals surface area contributed by atoms with Gasteiger partial charge in [0.2, 0.25) is 0 Å². The number of aromatic nitrogens is 1. The van der Waals surface area contributed by atoms with Gasteiger partial charge < -0.3 is 5.32 Å². The van der Waals surface area contributed by atoms with Crippen molar-refractivity contribution < 1.29 is 9.72 Å². The van der Waals surface area contributed by atoms with Crippen molar-refractivity contribution in [3.63, 3.8) is 0 Å². The number of carbonyl (C=O) groups is 1. The quantitative estimate of drug-likeness (QED) is 0.674. The highest BCUT2D eigenvalue weighted by molar-refractivity contribution is 9.10. The predicted octanol–water partition coefficient (Wildman–Crippen LogP) is 3.05. The second kappa shape index (κ2) is 6.10. The van der Waals surface area contributed by atoms with Crippen molar-refractivity contribution in [1.82, 2.24) is 10.3 Å². The number of nitrogens with one attached hydrogen (secondary N) is 1. The molecule has 0 unspecified atom stereocenters. The summed E-state index contributed by atoms with van der Waals surface area (Å²) in [4.78, 5) is 26.4. The molecule has 0 saturated heterocycles. The SMILES string of the molecule is Cc1nc(CNC(=O)c2ccc(Br)c([N+](=O)[O-])c2)cs1. The summed E-state index contributed by atoms with van der Waals surface area (Å²) in [5.74, 6) is -0.369. The first-order valence-electron chi connectivity index (χ1n) is 5.60. The zero-order valence-electron chi connectivity index (χ0n) is 10.4. The number of thiazole rings is 1. The number of halogens is 1. The van der Waals surface area contributed by atoms with Gasteiger partial charge in [-0.05, 0) is 35.0 Å². The number of hydrogen-bond acceptors (Lipinski definition) is 5. The summed E-state index contributed by atoms with van der Waals surface area (Å²) in [7, 11) is 0. The predicted molar refractivity (Wildman–Crippen MR) is 78.8 cm³/mol. The second-order valence-electron chi connectivity index (χ2n) is 3.96. The van der Waals surface area contributed by atoms with Crippen LogP contribution in [0.5, 0.6) is 0 Å². The number of hydrogen-bond donors (Lipinski definition) is 1. The van der Waals surface area contributed by atoms with Crippen molar-refractivity contribution in [1.29, 1.82) is 0 Å². The third-order valence-corrected chi connectivity index (χ3v) is 3.99. The van der Waals surface area contributed by atoms with Crippen LogP contribution in [0.3, 0.4) is 0 Å². The van der Waals surface area contributed by atoms with Gasteiger partial charge in [0.15, 0.2) is 0 Å². The van der Waals surface area contributed by atoms with E-state index in [1.54, 1.807) is 0 Å². The molecule has 1 N–H and O–H groups in total. The Morgan fingerprint density at radius 2 is 2.30 bits per heavy atom. The standard InChI is InChI=1S/C12H10BrN3O3S/c1-7-15-9(6-20-7)5-14-12(17)8-2-3-10(13)11(4-8)16(18)19/h2-4,6H,5H2,1H3,(H,14,17). The van der Waals surface area contributed by atoms with Crippen LogP contribution < -0.4 is 5.32 Å². The Labute approximate surface area is 127 Å². The maximum absolute atomic E-state index is 11.9. The molecule has 1 aromatic carbocycles. The summed E-state index contributed by atoms with van der Waals surface area (Å²) in [6.45, 7) is 2.18. The van der Waals surface area contributed by atoms with E-state index in [9.17, 15) is 14.9 Å². The van der Waals surface area contributed by atoms with Crippen molar-refractivity contribution in [3.8, 4) is 0 Å². The zero-order valence-corrected chi connectivity index (χ0v) is 12.8. The summed E-state index contributed by atoms with van der Waals surface area (Å²) in [6, 6.07) is 4.25. The van der Waals surface area contributed by atoms with Crippen molar-refractivity contribution in [2.45, 2.75) is 13.5 Å². The van der Waals surface area contributed by atoms with Crippen LogP contribution in [0.1, 0.15) is 21.1 Å². The van der Waals surface area contributed by atoms with E-state index in [0.717, 1.165) is 10.7 Å². The van der Waals surface area contributed by atoms with Crippen molar-refractivity contribution in [3.05, 3.63) is 54.4 Å². The van der Waals surface area contributed by atoms with Gasteiger partial charge in [-0.15, -0.1) is 11.3 Å². The lowest BCUT2D eigenvalue weighted by Crippen LogP contribution is -2.23. The molecule has 8 heteroatoms. The lowest BCUT2D eigenvalue weighted by Gasteiger charge is -2.04. The largest absolute Gasteiger partial charge is 0.346 e. The molecule has 0 radical (unpaired) electrons. The summed E-state index contributed by atoms with van der Waals surface area (Å²) in [5.41, 5.74) is 0.876. The number of carbonyl (C=O) groups excluding carboxylic acids is 1. The fraction of sp³-hybridized carbons (Fsp3) is 0.167. The van der Waals surface area contributed by atoms with Crippen LogP contribution in [0.4, 0.5) is 5.69 Å². The molecular formula is C12H10BrN3O3S. The van der Waals surface area contributed by atoms with E-state index in [1.165, 1.54) is 29.5 Å². The van der Waals surface area contributed by atoms with Gasteiger partial charge >= 0.3 is 0 Å². The fourth-order valence-electron chi connectivity index (χ4n) is 1.56. The molecule has 0 saturated carbocycles. The maximum Gasteiger partial charge on any atom is 0.284 e. The summed E-state index contributed by atoms with van der Waals surface area (Å²) >= 11 is 4.58. The molecule has 20 heavy (non-hydrogen) atoms. The van der Waals surface area contributed by atoms with Crippen LogP contribution in [0.15, 0.2) is 28.1 Å². The second-order valence-corrected chi connectivity index (χ2v) is 5.88. The topological polar surface area (TPSA) is 85.1 Å². The molecule has 0 spiro atoms. The van der Waals surface area contributed by atoms with E-state index >= 15 is 0 Å². The Bertz CT molecular complexity index is 672. The van der Waals surface area contributed by atoms with Gasteiger partial charge in [0.1, 0.15) is 0 Å². The Kier molecular flexibility index (Phi) is 4.46. The van der Waals surface area contributed by atoms with E-state index in [0.29, 0.717) is 11.0 Å². The maximum atomic E-state index is 11.9. The first kappa shape index (κ1) is 14.6. The highest BCUT2D eigenvalue weighted by Crippen LogP contribution is 2.25. The molecule has 0 bridgehead atoms. The Balaban J connectivity index is 2.09. The van der Waals surface area contributed by atoms with Crippen LogP contribution in [0.25, 0.3) is 0 Å². The number of amides is 1. The molecule has 104 valence electrons. The van der Waals surface area contributed by atoms with Gasteiger partial charge in [0, 0.05) is 17.0 Å². The highest BCUT2D eigenvalue weighted by Gasteiger charge is 2.15. The van der Waals surface area contributed by atoms with Gasteiger partial charge in [-0.2, -0.15) is 0 Å². The Morgan fingerprint density at radius 3 is 2.90 bits per heavy atom. The molecule has 0 aliphatic carbocycles. The van der Waals surface area contributed by atoms with E-state index < -0.39 is 4.92 Å². The van der Waals surface area contributed by atoms with Gasteiger partial charge in [0.25, 0.3) is 11.6 Å². The van der Waals surface area contributed by atoms with Crippen molar-refractivity contribution >= 4 is 38.9 Å². The first-order valence-corrected chi connectivity index (χ1v) is 7.28. The number of nitro benzene ring substituents is 1. The third-order valence-electron chi connectivity index (χ3n) is 2.50. The minimum absolute atomic E-state index is 0.137. The minimum atomic E-state index is -0.537. The molecule has 6 nitrogen and oxygen atoms in total. The number of aryl methyl sites for hydroxylation is 1. The van der Waals surface area contributed by atoms with Gasteiger partial charge in [0.05, 0.1) is 26.6 Å². The number of nitro groups is 1. The van der Waals surface area contributed by atoms with Crippen molar-refractivity contribution in [2.24, 2.45) is 0 Å². The highest BCUT2D eigenvalue weighted by atomic mass is 79.9. The zero-order chi connectivity index (χ0) is 14.7. The molecule has 1 aromatic heterocycles. The van der Waals surface area contributed by atoms with Crippen LogP contribution >= 0.6 is 27.3 Å². The Hall–Kier alpha value is -1.80. The lowest BCUT2D eigenvalue weighted by atomic mass is 10.2. The Morgan fingerprint density at radius 1 is 1.55 bits per heavy atom. The van der Waals surface area contributed by atoms with Gasteiger partial charge in [-0.25, -0.2) is 4.98 Å². The van der Waals surface area contributed by atoms with E-state index in [2.05, 4.69) is 26.2 Å². The molecule has 1 amide bonds. The molecule has 2 aromatic rings. The van der Waals surface area contributed by atoms with Crippen molar-refractivity contribution in [2.75, 3.05) is 0 Å². The normalized spacial score (nSPS) is 10.3.